The van der Waals surface area contributed by atoms with Gasteiger partial charge in [0, 0.05) is 13.1 Å². The van der Waals surface area contributed by atoms with Crippen LogP contribution in [0.25, 0.3) is 0 Å². The summed E-state index contributed by atoms with van der Waals surface area (Å²) in [4.78, 5) is 11.3. The van der Waals surface area contributed by atoms with Crippen LogP contribution in [0.2, 0.25) is 0 Å². The monoisotopic (exact) mass is 256 g/mol. The quantitative estimate of drug-likeness (QED) is 0.291. The van der Waals surface area contributed by atoms with Crippen molar-refractivity contribution in [2.24, 2.45) is 0 Å². The largest absolute Gasteiger partial charge is 0.356 e. The fraction of sp³-hybridized carbons (Fsp3) is 0.846. The summed E-state index contributed by atoms with van der Waals surface area (Å²) in [6.07, 6.45) is 7.87. The highest BCUT2D eigenvalue weighted by molar-refractivity contribution is 5.94. The molecule has 2 amide bonds. The number of hydrogen-bond acceptors (Lipinski definition) is 2. The standard InChI is InChI=1S/C13H28N4O/c1-3-5-7-9-10-15-12(14)17-13(18)16-11-8-6-4-2/h3-11H2,1-2H3,(H4,14,15,16,17,18). The number of carbonyl (C=O) groups excluding carboxylic acids is 1. The lowest BCUT2D eigenvalue weighted by molar-refractivity contribution is 0.244. The summed E-state index contributed by atoms with van der Waals surface area (Å²) in [5.74, 6) is 0.0829. The molecule has 0 aliphatic carbocycles. The fourth-order valence-electron chi connectivity index (χ4n) is 1.54. The number of guanidine groups is 1. The molecule has 0 spiro atoms. The van der Waals surface area contributed by atoms with E-state index in [2.05, 4.69) is 29.8 Å². The lowest BCUT2D eigenvalue weighted by Gasteiger charge is -2.10. The lowest BCUT2D eigenvalue weighted by Crippen LogP contribution is -2.45. The number of hydrogen-bond donors (Lipinski definition) is 4. The van der Waals surface area contributed by atoms with E-state index in [1.807, 2.05) is 0 Å². The molecule has 0 fully saturated rings. The van der Waals surface area contributed by atoms with E-state index in [1.54, 1.807) is 0 Å². The minimum absolute atomic E-state index is 0.0829. The molecular weight excluding hydrogens is 228 g/mol. The average Bonchev–Trinajstić information content (AvgIpc) is 2.34. The zero-order valence-corrected chi connectivity index (χ0v) is 11.8. The molecule has 4 N–H and O–H groups in total. The number of amides is 2. The van der Waals surface area contributed by atoms with E-state index in [9.17, 15) is 4.79 Å². The van der Waals surface area contributed by atoms with Gasteiger partial charge in [0.25, 0.3) is 0 Å². The van der Waals surface area contributed by atoms with Crippen molar-refractivity contribution < 1.29 is 4.79 Å². The van der Waals surface area contributed by atoms with Crippen LogP contribution in [0.15, 0.2) is 0 Å². The predicted octanol–water partition coefficient (Wildman–Crippen LogP) is 2.58. The van der Waals surface area contributed by atoms with Gasteiger partial charge in [-0.25, -0.2) is 4.79 Å². The molecule has 0 rings (SSSR count). The van der Waals surface area contributed by atoms with Crippen LogP contribution in [-0.2, 0) is 0 Å². The molecule has 0 heterocycles. The van der Waals surface area contributed by atoms with Crippen LogP contribution in [0.5, 0.6) is 0 Å². The van der Waals surface area contributed by atoms with Crippen molar-refractivity contribution in [2.75, 3.05) is 13.1 Å². The molecule has 0 saturated carbocycles. The van der Waals surface area contributed by atoms with E-state index in [0.717, 1.165) is 32.2 Å². The van der Waals surface area contributed by atoms with Crippen LogP contribution in [0.4, 0.5) is 4.79 Å². The molecule has 0 aromatic carbocycles. The summed E-state index contributed by atoms with van der Waals surface area (Å²) in [5, 5.41) is 15.6. The second-order valence-electron chi connectivity index (χ2n) is 4.45. The van der Waals surface area contributed by atoms with Crippen LogP contribution in [0.3, 0.4) is 0 Å². The molecular formula is C13H28N4O. The first-order valence-electron chi connectivity index (χ1n) is 7.08. The minimum Gasteiger partial charge on any atom is -0.356 e. The molecule has 0 aromatic rings. The number of nitrogens with one attached hydrogen (secondary N) is 4. The van der Waals surface area contributed by atoms with Crippen molar-refractivity contribution in [2.45, 2.75) is 58.8 Å². The van der Waals surface area contributed by atoms with Gasteiger partial charge in [-0.15, -0.1) is 0 Å². The van der Waals surface area contributed by atoms with Crippen LogP contribution >= 0.6 is 0 Å². The maximum Gasteiger partial charge on any atom is 0.321 e. The Balaban J connectivity index is 3.41. The van der Waals surface area contributed by atoms with E-state index in [-0.39, 0.29) is 12.0 Å². The third-order valence-corrected chi connectivity index (χ3v) is 2.64. The van der Waals surface area contributed by atoms with Gasteiger partial charge in [0.2, 0.25) is 0 Å². The van der Waals surface area contributed by atoms with Crippen molar-refractivity contribution in [1.82, 2.24) is 16.0 Å². The molecule has 18 heavy (non-hydrogen) atoms. The van der Waals surface area contributed by atoms with E-state index >= 15 is 0 Å². The highest BCUT2D eigenvalue weighted by Gasteiger charge is 2.02. The van der Waals surface area contributed by atoms with Crippen LogP contribution in [-0.4, -0.2) is 25.1 Å². The van der Waals surface area contributed by atoms with E-state index < -0.39 is 0 Å². The summed E-state index contributed by atoms with van der Waals surface area (Å²) in [6.45, 7) is 5.70. The minimum atomic E-state index is -0.294. The maximum absolute atomic E-state index is 11.3. The molecule has 0 bridgehead atoms. The molecule has 106 valence electrons. The van der Waals surface area contributed by atoms with Crippen LogP contribution < -0.4 is 16.0 Å². The van der Waals surface area contributed by atoms with Gasteiger partial charge in [-0.1, -0.05) is 46.0 Å². The third kappa shape index (κ3) is 11.2. The third-order valence-electron chi connectivity index (χ3n) is 2.64. The van der Waals surface area contributed by atoms with Gasteiger partial charge in [-0.2, -0.15) is 0 Å². The van der Waals surface area contributed by atoms with Crippen LogP contribution in [0, 0.1) is 5.41 Å². The SMILES string of the molecule is CCCCCCNC(=N)NC(=O)NCCCCC. The second-order valence-corrected chi connectivity index (χ2v) is 4.45. The molecule has 0 saturated heterocycles. The zero-order valence-electron chi connectivity index (χ0n) is 11.8. The first-order chi connectivity index (χ1) is 8.70. The van der Waals surface area contributed by atoms with E-state index in [1.165, 1.54) is 19.3 Å². The van der Waals surface area contributed by atoms with Gasteiger partial charge in [0.1, 0.15) is 0 Å². The number of carbonyl (C=O) groups is 1. The summed E-state index contributed by atoms with van der Waals surface area (Å²) in [5.41, 5.74) is 0. The number of urea groups is 1. The summed E-state index contributed by atoms with van der Waals surface area (Å²) < 4.78 is 0. The Bertz CT molecular complexity index is 231. The van der Waals surface area contributed by atoms with Gasteiger partial charge in [0.05, 0.1) is 0 Å². The first-order valence-corrected chi connectivity index (χ1v) is 7.08. The van der Waals surface area contributed by atoms with Crippen molar-refractivity contribution in [1.29, 1.82) is 5.41 Å². The van der Waals surface area contributed by atoms with Crippen molar-refractivity contribution in [3.8, 4) is 0 Å². The maximum atomic E-state index is 11.3. The molecule has 0 aromatic heterocycles. The second kappa shape index (κ2) is 12.2. The summed E-state index contributed by atoms with van der Waals surface area (Å²) in [7, 11) is 0. The molecule has 0 aliphatic heterocycles. The Morgan fingerprint density at radius 3 is 2.11 bits per heavy atom. The Hall–Kier alpha value is -1.26. The Labute approximate surface area is 111 Å². The summed E-state index contributed by atoms with van der Waals surface area (Å²) >= 11 is 0. The van der Waals surface area contributed by atoms with Gasteiger partial charge in [-0.3, -0.25) is 10.7 Å². The highest BCUT2D eigenvalue weighted by atomic mass is 16.2. The molecule has 0 radical (unpaired) electrons. The van der Waals surface area contributed by atoms with Crippen LogP contribution in [0.1, 0.15) is 58.8 Å². The topological polar surface area (TPSA) is 77.0 Å². The summed E-state index contributed by atoms with van der Waals surface area (Å²) in [6, 6.07) is -0.294. The number of rotatable bonds is 9. The first kappa shape index (κ1) is 16.7. The predicted molar refractivity (Wildman–Crippen MR) is 75.9 cm³/mol. The smallest absolute Gasteiger partial charge is 0.321 e. The van der Waals surface area contributed by atoms with Gasteiger partial charge in [-0.05, 0) is 12.8 Å². The molecule has 0 atom stereocenters. The Morgan fingerprint density at radius 1 is 0.889 bits per heavy atom. The highest BCUT2D eigenvalue weighted by Crippen LogP contribution is 1.96. The van der Waals surface area contributed by atoms with Crippen molar-refractivity contribution >= 4 is 12.0 Å². The van der Waals surface area contributed by atoms with Gasteiger partial charge in [0.15, 0.2) is 5.96 Å². The molecule has 0 aliphatic rings. The van der Waals surface area contributed by atoms with Crippen molar-refractivity contribution in [3.05, 3.63) is 0 Å². The molecule has 5 nitrogen and oxygen atoms in total. The normalized spacial score (nSPS) is 9.89. The molecule has 5 heteroatoms. The van der Waals surface area contributed by atoms with Gasteiger partial charge >= 0.3 is 6.03 Å². The average molecular weight is 256 g/mol. The van der Waals surface area contributed by atoms with Gasteiger partial charge < -0.3 is 10.6 Å². The van der Waals surface area contributed by atoms with E-state index in [4.69, 9.17) is 5.41 Å². The van der Waals surface area contributed by atoms with E-state index in [0.29, 0.717) is 6.54 Å². The lowest BCUT2D eigenvalue weighted by atomic mass is 10.2. The Kier molecular flexibility index (Phi) is 11.3. The number of unbranched alkanes of at least 4 members (excludes halogenated alkanes) is 5. The molecule has 0 unspecified atom stereocenters. The fourth-order valence-corrected chi connectivity index (χ4v) is 1.54. The van der Waals surface area contributed by atoms with Crippen molar-refractivity contribution in [3.63, 3.8) is 0 Å². The zero-order chi connectivity index (χ0) is 13.6. The Morgan fingerprint density at radius 2 is 1.44 bits per heavy atom.